The van der Waals surface area contributed by atoms with Crippen molar-refractivity contribution in [3.8, 4) is 5.75 Å². The number of rotatable bonds is 8. The Morgan fingerprint density at radius 3 is 2.71 bits per heavy atom. The van der Waals surface area contributed by atoms with E-state index in [1.54, 1.807) is 7.11 Å². The second kappa shape index (κ2) is 7.99. The first-order chi connectivity index (χ1) is 10.1. The summed E-state index contributed by atoms with van der Waals surface area (Å²) >= 11 is 0. The molecule has 1 aromatic carbocycles. The van der Waals surface area contributed by atoms with Gasteiger partial charge in [-0.1, -0.05) is 46.4 Å². The maximum atomic E-state index is 5.57. The molecule has 0 N–H and O–H groups in total. The molecule has 1 aliphatic carbocycles. The van der Waals surface area contributed by atoms with Gasteiger partial charge >= 0.3 is 0 Å². The highest BCUT2D eigenvalue weighted by Gasteiger charge is 2.18. The van der Waals surface area contributed by atoms with E-state index >= 15 is 0 Å². The van der Waals surface area contributed by atoms with Crippen LogP contribution in [-0.4, -0.2) is 13.3 Å². The number of ether oxygens (including phenoxy) is 1. The van der Waals surface area contributed by atoms with Crippen molar-refractivity contribution in [1.29, 1.82) is 0 Å². The highest BCUT2D eigenvalue weighted by atomic mass is 31.1. The minimum Gasteiger partial charge on any atom is -0.496 e. The molecule has 0 bridgehead atoms. The van der Waals surface area contributed by atoms with Crippen LogP contribution in [0.25, 0.3) is 0 Å². The van der Waals surface area contributed by atoms with Crippen LogP contribution >= 0.6 is 8.58 Å². The molecular formula is C19H29OP. The summed E-state index contributed by atoms with van der Waals surface area (Å²) in [5, 5.41) is 1.42. The van der Waals surface area contributed by atoms with E-state index in [9.17, 15) is 0 Å². The minimum absolute atomic E-state index is 0.598. The highest BCUT2D eigenvalue weighted by Crippen LogP contribution is 2.34. The van der Waals surface area contributed by atoms with Gasteiger partial charge in [0, 0.05) is 5.30 Å². The number of allylic oxidation sites excluding steroid dienone is 1. The highest BCUT2D eigenvalue weighted by molar-refractivity contribution is 7.47. The zero-order chi connectivity index (χ0) is 15.2. The fourth-order valence-electron chi connectivity index (χ4n) is 2.99. The van der Waals surface area contributed by atoms with Crippen molar-refractivity contribution >= 4 is 13.9 Å². The smallest absolute Gasteiger partial charge is 0.126 e. The summed E-state index contributed by atoms with van der Waals surface area (Å²) in [6.07, 6.45) is 7.91. The van der Waals surface area contributed by atoms with E-state index in [-0.39, 0.29) is 0 Å². The first-order valence-corrected chi connectivity index (χ1v) is 9.41. The third-order valence-corrected chi connectivity index (χ3v) is 6.14. The minimum atomic E-state index is 0.598. The van der Waals surface area contributed by atoms with Crippen LogP contribution in [0.4, 0.5) is 0 Å². The summed E-state index contributed by atoms with van der Waals surface area (Å²) < 4.78 is 5.57. The molecule has 1 nitrogen and oxygen atoms in total. The van der Waals surface area contributed by atoms with Crippen LogP contribution < -0.4 is 10.0 Å². The van der Waals surface area contributed by atoms with Gasteiger partial charge in [0.15, 0.2) is 0 Å². The average Bonchev–Trinajstić information content (AvgIpc) is 2.42. The van der Waals surface area contributed by atoms with Gasteiger partial charge in [0.1, 0.15) is 5.75 Å². The lowest BCUT2D eigenvalue weighted by molar-refractivity contribution is 0.352. The molecule has 2 rings (SSSR count). The van der Waals surface area contributed by atoms with Gasteiger partial charge in [-0.3, -0.25) is 0 Å². The van der Waals surface area contributed by atoms with E-state index in [0.29, 0.717) is 5.92 Å². The molecular weight excluding hydrogens is 275 g/mol. The fourth-order valence-corrected chi connectivity index (χ4v) is 4.53. The molecule has 1 aromatic rings. The Labute approximate surface area is 132 Å². The van der Waals surface area contributed by atoms with Crippen LogP contribution in [-0.2, 0) is 0 Å². The lowest BCUT2D eigenvalue weighted by atomic mass is 9.87. The van der Waals surface area contributed by atoms with E-state index in [4.69, 9.17) is 4.74 Å². The molecule has 116 valence electrons. The van der Waals surface area contributed by atoms with E-state index in [0.717, 1.165) is 26.7 Å². The summed E-state index contributed by atoms with van der Waals surface area (Å²) in [6.45, 7) is 8.48. The Hall–Kier alpha value is -0.810. The molecule has 1 saturated carbocycles. The second-order valence-electron chi connectivity index (χ2n) is 6.40. The molecule has 0 aliphatic heterocycles. The maximum Gasteiger partial charge on any atom is 0.126 e. The van der Waals surface area contributed by atoms with Crippen molar-refractivity contribution in [2.45, 2.75) is 51.9 Å². The summed E-state index contributed by atoms with van der Waals surface area (Å²) in [7, 11) is 2.68. The summed E-state index contributed by atoms with van der Waals surface area (Å²) in [6, 6.07) is 6.81. The van der Waals surface area contributed by atoms with Crippen molar-refractivity contribution in [2.75, 3.05) is 13.3 Å². The lowest BCUT2D eigenvalue weighted by Crippen LogP contribution is -2.15. The molecule has 21 heavy (non-hydrogen) atoms. The summed E-state index contributed by atoms with van der Waals surface area (Å²) in [5.74, 6) is 2.64. The van der Waals surface area contributed by atoms with Crippen molar-refractivity contribution in [3.63, 3.8) is 0 Å². The topological polar surface area (TPSA) is 9.23 Å². The quantitative estimate of drug-likeness (QED) is 0.470. The Kier molecular flexibility index (Phi) is 6.30. The van der Waals surface area contributed by atoms with Crippen LogP contribution in [0.3, 0.4) is 0 Å². The summed E-state index contributed by atoms with van der Waals surface area (Å²) in [5.41, 5.74) is 2.73. The van der Waals surface area contributed by atoms with Crippen LogP contribution in [0, 0.1) is 5.92 Å². The van der Waals surface area contributed by atoms with Crippen LogP contribution in [0.1, 0.15) is 57.4 Å². The predicted octanol–water partition coefficient (Wildman–Crippen LogP) is 5.26. The molecule has 2 heteroatoms. The molecule has 0 saturated heterocycles. The third-order valence-electron chi connectivity index (χ3n) is 4.59. The Morgan fingerprint density at radius 2 is 2.19 bits per heavy atom. The first kappa shape index (κ1) is 16.6. The van der Waals surface area contributed by atoms with Crippen molar-refractivity contribution in [1.82, 2.24) is 0 Å². The molecule has 0 amide bonds. The zero-order valence-corrected chi connectivity index (χ0v) is 14.7. The Morgan fingerprint density at radius 1 is 1.43 bits per heavy atom. The SMILES string of the molecule is C=C(C)CC(CC)c1ccc(OC)c(PCC2CCC2)c1. The van der Waals surface area contributed by atoms with Crippen molar-refractivity contribution in [3.05, 3.63) is 35.9 Å². The van der Waals surface area contributed by atoms with Crippen molar-refractivity contribution < 1.29 is 4.74 Å². The number of hydrogen-bond acceptors (Lipinski definition) is 1. The van der Waals surface area contributed by atoms with Crippen LogP contribution in [0.5, 0.6) is 5.75 Å². The van der Waals surface area contributed by atoms with E-state index < -0.39 is 0 Å². The molecule has 2 unspecified atom stereocenters. The van der Waals surface area contributed by atoms with Crippen LogP contribution in [0.15, 0.2) is 30.4 Å². The molecule has 0 aromatic heterocycles. The predicted molar refractivity (Wildman–Crippen MR) is 95.6 cm³/mol. The van der Waals surface area contributed by atoms with E-state index in [2.05, 4.69) is 38.6 Å². The Bertz CT molecular complexity index is 476. The molecule has 0 heterocycles. The largest absolute Gasteiger partial charge is 0.496 e. The van der Waals surface area contributed by atoms with Gasteiger partial charge in [-0.15, -0.1) is 6.58 Å². The zero-order valence-electron chi connectivity index (χ0n) is 13.7. The average molecular weight is 304 g/mol. The standard InChI is InChI=1S/C19H29OP/c1-5-16(11-14(2)3)17-9-10-18(20-4)19(12-17)21-13-15-7-6-8-15/h9-10,12,15-16,21H,2,5-8,11,13H2,1,3-4H3. The normalized spacial score (nSPS) is 16.9. The lowest BCUT2D eigenvalue weighted by Gasteiger charge is -2.25. The van der Waals surface area contributed by atoms with Gasteiger partial charge in [-0.2, -0.15) is 0 Å². The van der Waals surface area contributed by atoms with E-state index in [1.807, 2.05) is 0 Å². The fraction of sp³-hybridized carbons (Fsp3) is 0.579. The van der Waals surface area contributed by atoms with Crippen molar-refractivity contribution in [2.24, 2.45) is 5.92 Å². The molecule has 1 fully saturated rings. The monoisotopic (exact) mass is 304 g/mol. The third kappa shape index (κ3) is 4.58. The first-order valence-electron chi connectivity index (χ1n) is 8.20. The molecule has 0 radical (unpaired) electrons. The van der Waals surface area contributed by atoms with Gasteiger partial charge in [0.2, 0.25) is 0 Å². The van der Waals surface area contributed by atoms with Gasteiger partial charge in [0.25, 0.3) is 0 Å². The molecule has 0 spiro atoms. The van der Waals surface area contributed by atoms with Gasteiger partial charge in [0.05, 0.1) is 7.11 Å². The maximum absolute atomic E-state index is 5.57. The van der Waals surface area contributed by atoms with E-state index in [1.165, 1.54) is 48.3 Å². The van der Waals surface area contributed by atoms with Crippen LogP contribution in [0.2, 0.25) is 0 Å². The van der Waals surface area contributed by atoms with Gasteiger partial charge in [-0.05, 0) is 55.5 Å². The Balaban J connectivity index is 2.12. The van der Waals surface area contributed by atoms with Gasteiger partial charge < -0.3 is 4.74 Å². The molecule has 1 aliphatic rings. The second-order valence-corrected chi connectivity index (χ2v) is 7.70. The summed E-state index contributed by atoms with van der Waals surface area (Å²) in [4.78, 5) is 0. The number of methoxy groups -OCH3 is 1. The number of hydrogen-bond donors (Lipinski definition) is 0. The number of benzene rings is 1. The molecule has 2 atom stereocenters. The van der Waals surface area contributed by atoms with Gasteiger partial charge in [-0.25, -0.2) is 0 Å².